The van der Waals surface area contributed by atoms with E-state index in [0.29, 0.717) is 18.7 Å². The summed E-state index contributed by atoms with van der Waals surface area (Å²) < 4.78 is 7.59. The predicted molar refractivity (Wildman–Crippen MR) is 112 cm³/mol. The molecular weight excluding hydrogens is 364 g/mol. The van der Waals surface area contributed by atoms with E-state index in [4.69, 9.17) is 4.74 Å². The summed E-state index contributed by atoms with van der Waals surface area (Å²) >= 11 is 0. The number of likely N-dealkylation sites (tertiary alicyclic amines) is 1. The Kier molecular flexibility index (Phi) is 5.48. The molecule has 2 aromatic rings. The normalized spacial score (nSPS) is 20.3. The van der Waals surface area contributed by atoms with Gasteiger partial charge in [-0.1, -0.05) is 29.8 Å². The second-order valence-corrected chi connectivity index (χ2v) is 8.53. The van der Waals surface area contributed by atoms with Gasteiger partial charge in [-0.25, -0.2) is 0 Å². The lowest BCUT2D eigenvalue weighted by Gasteiger charge is -2.36. The van der Waals surface area contributed by atoms with E-state index in [0.717, 1.165) is 44.2 Å². The zero-order chi connectivity index (χ0) is 20.4. The summed E-state index contributed by atoms with van der Waals surface area (Å²) in [4.78, 5) is 27.8. The van der Waals surface area contributed by atoms with Gasteiger partial charge in [-0.15, -0.1) is 0 Å². The highest BCUT2D eigenvalue weighted by Gasteiger charge is 2.52. The van der Waals surface area contributed by atoms with Gasteiger partial charge in [0, 0.05) is 32.3 Å². The van der Waals surface area contributed by atoms with Gasteiger partial charge >= 0.3 is 5.97 Å². The maximum absolute atomic E-state index is 13.0. The van der Waals surface area contributed by atoms with E-state index >= 15 is 0 Å². The largest absolute Gasteiger partial charge is 0.465 e. The van der Waals surface area contributed by atoms with Gasteiger partial charge in [0.2, 0.25) is 0 Å². The van der Waals surface area contributed by atoms with Crippen LogP contribution in [0, 0.1) is 6.92 Å². The second-order valence-electron chi connectivity index (χ2n) is 8.53. The Balaban J connectivity index is 1.36. The predicted octanol–water partition coefficient (Wildman–Crippen LogP) is 3.99. The zero-order valence-corrected chi connectivity index (χ0v) is 17.4. The third kappa shape index (κ3) is 3.96. The number of piperidine rings is 1. The number of ether oxygens (including phenoxy) is 1. The van der Waals surface area contributed by atoms with E-state index in [2.05, 4.69) is 6.07 Å². The van der Waals surface area contributed by atoms with Crippen molar-refractivity contribution >= 4 is 11.9 Å². The third-order valence-corrected chi connectivity index (χ3v) is 6.45. The van der Waals surface area contributed by atoms with E-state index in [-0.39, 0.29) is 17.9 Å². The van der Waals surface area contributed by atoms with Crippen LogP contribution in [0.5, 0.6) is 0 Å². The summed E-state index contributed by atoms with van der Waals surface area (Å²) in [6, 6.07) is 12.1. The minimum Gasteiger partial charge on any atom is -0.465 e. The van der Waals surface area contributed by atoms with Crippen LogP contribution in [-0.4, -0.2) is 40.5 Å². The van der Waals surface area contributed by atoms with E-state index in [1.54, 1.807) is 0 Å². The minimum absolute atomic E-state index is 0.0759. The number of aromatic nitrogens is 1. The van der Waals surface area contributed by atoms with Gasteiger partial charge in [-0.2, -0.15) is 0 Å². The molecule has 1 saturated carbocycles. The summed E-state index contributed by atoms with van der Waals surface area (Å²) in [5, 5.41) is 0. The lowest BCUT2D eigenvalue weighted by Crippen LogP contribution is -2.45. The van der Waals surface area contributed by atoms with Crippen LogP contribution in [0.1, 0.15) is 60.1 Å². The Morgan fingerprint density at radius 1 is 1.17 bits per heavy atom. The van der Waals surface area contributed by atoms with Crippen molar-refractivity contribution in [1.82, 2.24) is 9.47 Å². The fourth-order valence-corrected chi connectivity index (χ4v) is 4.50. The molecule has 0 radical (unpaired) electrons. The van der Waals surface area contributed by atoms with Crippen LogP contribution in [0.3, 0.4) is 0 Å². The third-order valence-electron chi connectivity index (χ3n) is 6.45. The fourth-order valence-electron chi connectivity index (χ4n) is 4.50. The van der Waals surface area contributed by atoms with E-state index in [1.807, 2.05) is 60.0 Å². The number of carbonyl (C=O) groups is 2. The Morgan fingerprint density at radius 2 is 2.00 bits per heavy atom. The maximum Gasteiger partial charge on any atom is 0.316 e. The van der Waals surface area contributed by atoms with Crippen LogP contribution in [0.2, 0.25) is 0 Å². The molecule has 0 spiro atoms. The summed E-state index contributed by atoms with van der Waals surface area (Å²) in [5.74, 6) is -0.0360. The van der Waals surface area contributed by atoms with E-state index < -0.39 is 5.41 Å². The highest BCUT2D eigenvalue weighted by molar-refractivity contribution is 5.93. The van der Waals surface area contributed by atoms with Gasteiger partial charge in [0.15, 0.2) is 0 Å². The Labute approximate surface area is 172 Å². The first kappa shape index (κ1) is 19.7. The highest BCUT2D eigenvalue weighted by atomic mass is 16.5. The number of rotatable bonds is 6. The molecule has 2 fully saturated rings. The molecule has 2 aliphatic rings. The van der Waals surface area contributed by atoms with Gasteiger partial charge in [0.05, 0.1) is 12.0 Å². The molecule has 29 heavy (non-hydrogen) atoms. The first-order valence-electron chi connectivity index (χ1n) is 10.7. The van der Waals surface area contributed by atoms with Crippen molar-refractivity contribution in [3.8, 4) is 0 Å². The molecule has 1 atom stereocenters. The van der Waals surface area contributed by atoms with Crippen molar-refractivity contribution in [2.24, 2.45) is 7.05 Å². The van der Waals surface area contributed by atoms with Crippen LogP contribution in [0.25, 0.3) is 0 Å². The molecule has 1 saturated heterocycles. The number of aryl methyl sites for hydroxylation is 2. The van der Waals surface area contributed by atoms with Crippen molar-refractivity contribution in [1.29, 1.82) is 0 Å². The molecule has 154 valence electrons. The lowest BCUT2D eigenvalue weighted by molar-refractivity contribution is -0.147. The smallest absolute Gasteiger partial charge is 0.316 e. The van der Waals surface area contributed by atoms with Crippen LogP contribution in [0.15, 0.2) is 42.6 Å². The number of esters is 1. The monoisotopic (exact) mass is 394 g/mol. The number of hydrogen-bond acceptors (Lipinski definition) is 3. The lowest BCUT2D eigenvalue weighted by atomic mass is 9.94. The summed E-state index contributed by atoms with van der Waals surface area (Å²) in [6.07, 6.45) is 7.43. The van der Waals surface area contributed by atoms with Crippen molar-refractivity contribution in [3.05, 3.63) is 59.4 Å². The Bertz CT molecular complexity index is 897. The van der Waals surface area contributed by atoms with Gasteiger partial charge in [0.25, 0.3) is 5.91 Å². The van der Waals surface area contributed by atoms with Gasteiger partial charge < -0.3 is 14.2 Å². The quantitative estimate of drug-likeness (QED) is 0.696. The molecule has 1 aliphatic heterocycles. The molecule has 0 N–H and O–H groups in total. The van der Waals surface area contributed by atoms with Crippen LogP contribution >= 0.6 is 0 Å². The molecule has 2 heterocycles. The van der Waals surface area contributed by atoms with E-state index in [9.17, 15) is 9.59 Å². The zero-order valence-electron chi connectivity index (χ0n) is 17.4. The molecule has 1 amide bonds. The number of hydrogen-bond donors (Lipinski definition) is 0. The molecule has 5 nitrogen and oxygen atoms in total. The number of carbonyl (C=O) groups excluding carboxylic acids is 2. The minimum atomic E-state index is -0.447. The molecule has 1 aromatic heterocycles. The fraction of sp³-hybridized carbons (Fsp3) is 0.500. The van der Waals surface area contributed by atoms with Crippen LogP contribution in [0.4, 0.5) is 0 Å². The number of benzene rings is 1. The van der Waals surface area contributed by atoms with Gasteiger partial charge in [-0.3, -0.25) is 9.59 Å². The van der Waals surface area contributed by atoms with Crippen molar-refractivity contribution < 1.29 is 14.3 Å². The first-order valence-corrected chi connectivity index (χ1v) is 10.7. The summed E-state index contributed by atoms with van der Waals surface area (Å²) in [7, 11) is 1.90. The molecule has 1 aromatic carbocycles. The van der Waals surface area contributed by atoms with Crippen LogP contribution < -0.4 is 0 Å². The summed E-state index contributed by atoms with van der Waals surface area (Å²) in [5.41, 5.74) is 2.50. The number of amides is 1. The van der Waals surface area contributed by atoms with Crippen LogP contribution in [-0.2, 0) is 22.0 Å². The van der Waals surface area contributed by atoms with E-state index in [1.165, 1.54) is 5.56 Å². The van der Waals surface area contributed by atoms with Gasteiger partial charge in [-0.05, 0) is 56.7 Å². The molecular formula is C24H30N2O3. The highest BCUT2D eigenvalue weighted by Crippen LogP contribution is 2.49. The average Bonchev–Trinajstić information content (AvgIpc) is 3.43. The summed E-state index contributed by atoms with van der Waals surface area (Å²) in [6.45, 7) is 3.19. The molecule has 5 heteroatoms. The standard InChI is InChI=1S/C24H30N2O3/c1-18-7-5-8-19(17-18)24(12-13-24)23(28)29-16-11-20-9-3-4-15-26(20)22(27)21-10-6-14-25(21)2/h5-8,10,14,17,20H,3-4,9,11-13,15-16H2,1-2H3. The average molecular weight is 395 g/mol. The Hall–Kier alpha value is -2.56. The van der Waals surface area contributed by atoms with Crippen molar-refractivity contribution in [3.63, 3.8) is 0 Å². The first-order chi connectivity index (χ1) is 14.0. The molecule has 4 rings (SSSR count). The van der Waals surface area contributed by atoms with Crippen molar-refractivity contribution in [2.45, 2.75) is 56.9 Å². The van der Waals surface area contributed by atoms with Gasteiger partial charge in [0.1, 0.15) is 5.69 Å². The maximum atomic E-state index is 13.0. The number of nitrogens with zero attached hydrogens (tertiary/aromatic N) is 2. The topological polar surface area (TPSA) is 51.5 Å². The molecule has 1 unspecified atom stereocenters. The second kappa shape index (κ2) is 8.05. The molecule has 0 bridgehead atoms. The Morgan fingerprint density at radius 3 is 2.69 bits per heavy atom. The SMILES string of the molecule is Cc1cccc(C2(C(=O)OCCC3CCCCN3C(=O)c3cccn3C)CC2)c1. The van der Waals surface area contributed by atoms with Crippen molar-refractivity contribution in [2.75, 3.05) is 13.2 Å². The molecule has 1 aliphatic carbocycles.